The van der Waals surface area contributed by atoms with Gasteiger partial charge in [0, 0.05) is 0 Å². The van der Waals surface area contributed by atoms with Gasteiger partial charge in [-0.25, -0.2) is 0 Å². The molecule has 0 N–H and O–H groups in total. The van der Waals surface area contributed by atoms with Crippen molar-refractivity contribution >= 4 is 18.4 Å². The second kappa shape index (κ2) is 3.83. The molecule has 1 aliphatic heterocycles. The van der Waals surface area contributed by atoms with E-state index in [2.05, 4.69) is 76.3 Å². The van der Waals surface area contributed by atoms with Gasteiger partial charge in [-0.05, 0) is 32.5 Å². The molecule has 1 heterocycles. The van der Waals surface area contributed by atoms with Crippen LogP contribution in [0, 0.1) is 0 Å². The zero-order valence-corrected chi connectivity index (χ0v) is 13.5. The van der Waals surface area contributed by atoms with Crippen molar-refractivity contribution in [2.45, 2.75) is 39.3 Å². The fourth-order valence-corrected chi connectivity index (χ4v) is 6.47. The lowest BCUT2D eigenvalue weighted by molar-refractivity contribution is 0.592. The number of hydrogen-bond acceptors (Lipinski definition) is 0. The predicted octanol–water partition coefficient (Wildman–Crippen LogP) is 3.79. The Bertz CT molecular complexity index is 645. The highest BCUT2D eigenvalue weighted by atomic mass is 28.3. The first kappa shape index (κ1) is 12.7. The van der Waals surface area contributed by atoms with Gasteiger partial charge in [-0.1, -0.05) is 76.3 Å². The quantitative estimate of drug-likeness (QED) is 0.637. The Balaban J connectivity index is 2.41. The molecule has 0 aliphatic carbocycles. The Labute approximate surface area is 117 Å². The highest BCUT2D eigenvalue weighted by Gasteiger charge is 2.39. The van der Waals surface area contributed by atoms with Gasteiger partial charge in [0.2, 0.25) is 0 Å². The lowest BCUT2D eigenvalue weighted by Gasteiger charge is -2.24. The minimum atomic E-state index is -1.49. The third kappa shape index (κ3) is 1.72. The van der Waals surface area contributed by atoms with Gasteiger partial charge in [0.25, 0.3) is 0 Å². The standard InChI is InChI=1S/C18H22Si/c1-18(2,3)14-10-8-12-16-17(14)13-9-6-7-11-15(13)19(16,4)5/h6-12H,1-5H3. The van der Waals surface area contributed by atoms with E-state index in [1.165, 1.54) is 16.7 Å². The second-order valence-corrected chi connectivity index (χ2v) is 11.5. The van der Waals surface area contributed by atoms with Crippen molar-refractivity contribution in [2.24, 2.45) is 0 Å². The van der Waals surface area contributed by atoms with Crippen LogP contribution in [0.2, 0.25) is 13.1 Å². The summed E-state index contributed by atoms with van der Waals surface area (Å²) in [7, 11) is -1.49. The fourth-order valence-electron chi connectivity index (χ4n) is 3.38. The molecule has 3 rings (SSSR count). The van der Waals surface area contributed by atoms with Crippen LogP contribution in [0.25, 0.3) is 11.1 Å². The summed E-state index contributed by atoms with van der Waals surface area (Å²) in [5, 5.41) is 3.21. The maximum absolute atomic E-state index is 2.48. The first-order valence-corrected chi connectivity index (χ1v) is 10.1. The molecule has 0 amide bonds. The Hall–Kier alpha value is -1.34. The van der Waals surface area contributed by atoms with Crippen LogP contribution in [0.4, 0.5) is 0 Å². The third-order valence-corrected chi connectivity index (χ3v) is 7.96. The summed E-state index contributed by atoms with van der Waals surface area (Å²) in [5.74, 6) is 0. The molecule has 0 radical (unpaired) electrons. The maximum atomic E-state index is 2.48. The molecule has 0 saturated carbocycles. The van der Waals surface area contributed by atoms with E-state index in [0.29, 0.717) is 0 Å². The second-order valence-electron chi connectivity index (χ2n) is 7.15. The van der Waals surface area contributed by atoms with Crippen LogP contribution < -0.4 is 10.4 Å². The van der Waals surface area contributed by atoms with Crippen LogP contribution in [0.1, 0.15) is 26.3 Å². The van der Waals surface area contributed by atoms with E-state index in [1.54, 1.807) is 10.4 Å². The van der Waals surface area contributed by atoms with E-state index in [4.69, 9.17) is 0 Å². The summed E-state index contributed by atoms with van der Waals surface area (Å²) < 4.78 is 0. The van der Waals surface area contributed by atoms with Gasteiger partial charge in [-0.3, -0.25) is 0 Å². The van der Waals surface area contributed by atoms with Crippen LogP contribution in [0.3, 0.4) is 0 Å². The van der Waals surface area contributed by atoms with Gasteiger partial charge in [0.1, 0.15) is 8.07 Å². The topological polar surface area (TPSA) is 0 Å². The van der Waals surface area contributed by atoms with Crippen LogP contribution >= 0.6 is 0 Å². The van der Waals surface area contributed by atoms with Crippen LogP contribution in [-0.4, -0.2) is 8.07 Å². The number of rotatable bonds is 0. The van der Waals surface area contributed by atoms with Crippen molar-refractivity contribution < 1.29 is 0 Å². The van der Waals surface area contributed by atoms with Crippen LogP contribution in [0.5, 0.6) is 0 Å². The smallest absolute Gasteiger partial charge is 0.0623 e. The van der Waals surface area contributed by atoms with Gasteiger partial charge < -0.3 is 0 Å². The van der Waals surface area contributed by atoms with Crippen LogP contribution in [0.15, 0.2) is 42.5 Å². The van der Waals surface area contributed by atoms with E-state index < -0.39 is 8.07 Å². The molecular formula is C18H22Si. The minimum Gasteiger partial charge on any atom is -0.0623 e. The summed E-state index contributed by atoms with van der Waals surface area (Å²) in [6.07, 6.45) is 0. The van der Waals surface area contributed by atoms with Crippen molar-refractivity contribution in [1.29, 1.82) is 0 Å². The summed E-state index contributed by atoms with van der Waals surface area (Å²) in [6, 6.07) is 15.9. The zero-order valence-electron chi connectivity index (χ0n) is 12.5. The van der Waals surface area contributed by atoms with Crippen LogP contribution in [-0.2, 0) is 5.41 Å². The van der Waals surface area contributed by atoms with Crippen molar-refractivity contribution in [3.63, 3.8) is 0 Å². The Kier molecular flexibility index (Phi) is 2.55. The lowest BCUT2D eigenvalue weighted by atomic mass is 9.82. The molecule has 0 nitrogen and oxygen atoms in total. The van der Waals surface area contributed by atoms with E-state index in [0.717, 1.165) is 0 Å². The fraction of sp³-hybridized carbons (Fsp3) is 0.333. The van der Waals surface area contributed by atoms with Crippen molar-refractivity contribution in [2.75, 3.05) is 0 Å². The van der Waals surface area contributed by atoms with Gasteiger partial charge >= 0.3 is 0 Å². The van der Waals surface area contributed by atoms with Gasteiger partial charge in [-0.2, -0.15) is 0 Å². The highest BCUT2D eigenvalue weighted by Crippen LogP contribution is 2.36. The largest absolute Gasteiger partial charge is 0.113 e. The number of hydrogen-bond donors (Lipinski definition) is 0. The molecule has 0 atom stereocenters. The van der Waals surface area contributed by atoms with E-state index in [-0.39, 0.29) is 5.41 Å². The minimum absolute atomic E-state index is 0.202. The molecule has 2 aromatic carbocycles. The molecule has 0 unspecified atom stereocenters. The molecule has 2 aromatic rings. The molecule has 98 valence electrons. The Morgan fingerprint density at radius 2 is 1.42 bits per heavy atom. The summed E-state index contributed by atoms with van der Waals surface area (Å²) in [6.45, 7) is 11.9. The maximum Gasteiger partial charge on any atom is 0.113 e. The zero-order chi connectivity index (χ0) is 13.8. The first-order chi connectivity index (χ1) is 8.83. The van der Waals surface area contributed by atoms with Gasteiger partial charge in [0.05, 0.1) is 0 Å². The van der Waals surface area contributed by atoms with Gasteiger partial charge in [-0.15, -0.1) is 0 Å². The Morgan fingerprint density at radius 1 is 0.789 bits per heavy atom. The molecule has 1 heteroatoms. The summed E-state index contributed by atoms with van der Waals surface area (Å²) in [5.41, 5.74) is 4.71. The first-order valence-electron chi connectivity index (χ1n) is 7.07. The number of fused-ring (bicyclic) bond motifs is 3. The molecule has 0 aromatic heterocycles. The molecule has 0 saturated heterocycles. The van der Waals surface area contributed by atoms with E-state index >= 15 is 0 Å². The van der Waals surface area contributed by atoms with Crippen molar-refractivity contribution in [1.82, 2.24) is 0 Å². The molecule has 1 aliphatic rings. The monoisotopic (exact) mass is 266 g/mol. The average molecular weight is 266 g/mol. The molecule has 19 heavy (non-hydrogen) atoms. The summed E-state index contributed by atoms with van der Waals surface area (Å²) >= 11 is 0. The molecule has 0 fully saturated rings. The molecular weight excluding hydrogens is 244 g/mol. The van der Waals surface area contributed by atoms with Crippen molar-refractivity contribution in [3.05, 3.63) is 48.0 Å². The number of benzene rings is 2. The average Bonchev–Trinajstić information content (AvgIpc) is 2.59. The lowest BCUT2D eigenvalue weighted by Crippen LogP contribution is -2.49. The van der Waals surface area contributed by atoms with E-state index in [9.17, 15) is 0 Å². The SMILES string of the molecule is CC(C)(C)c1cccc2c1-c1ccccc1[Si]2(C)C. The van der Waals surface area contributed by atoms with Gasteiger partial charge in [0.15, 0.2) is 0 Å². The van der Waals surface area contributed by atoms with Crippen molar-refractivity contribution in [3.8, 4) is 11.1 Å². The predicted molar refractivity (Wildman–Crippen MR) is 87.3 cm³/mol. The Morgan fingerprint density at radius 3 is 2.11 bits per heavy atom. The van der Waals surface area contributed by atoms with E-state index in [1.807, 2.05) is 0 Å². The third-order valence-electron chi connectivity index (χ3n) is 4.42. The highest BCUT2D eigenvalue weighted by molar-refractivity contribution is 7.03. The summed E-state index contributed by atoms with van der Waals surface area (Å²) in [4.78, 5) is 0. The molecule has 0 spiro atoms. The normalized spacial score (nSPS) is 16.1. The molecule has 0 bridgehead atoms.